The van der Waals surface area contributed by atoms with E-state index in [2.05, 4.69) is 5.32 Å². The van der Waals surface area contributed by atoms with Crippen molar-refractivity contribution < 1.29 is 32.6 Å². The number of benzene rings is 2. The molecule has 8 nitrogen and oxygen atoms in total. The van der Waals surface area contributed by atoms with Crippen LogP contribution < -0.4 is 14.8 Å². The van der Waals surface area contributed by atoms with Crippen molar-refractivity contribution in [1.82, 2.24) is 0 Å². The molecular weight excluding hydrogens is 362 g/mol. The third kappa shape index (κ3) is 3.94. The Hall–Kier alpha value is -3.07. The first-order valence-electron chi connectivity index (χ1n) is 7.28. The zero-order valence-corrected chi connectivity index (χ0v) is 15.1. The summed E-state index contributed by atoms with van der Waals surface area (Å²) < 4.78 is 33.9. The van der Waals surface area contributed by atoms with Crippen LogP contribution in [0.1, 0.15) is 20.7 Å². The van der Waals surface area contributed by atoms with E-state index >= 15 is 0 Å². The SMILES string of the molecule is COc1cc(NC(=O)c2ccccc2S(C)(=O)=O)c(C(=O)O)cc1OC. The number of sulfone groups is 1. The highest BCUT2D eigenvalue weighted by Gasteiger charge is 2.22. The number of hydrogen-bond donors (Lipinski definition) is 2. The van der Waals surface area contributed by atoms with E-state index in [4.69, 9.17) is 9.47 Å². The van der Waals surface area contributed by atoms with Gasteiger partial charge in [-0.3, -0.25) is 4.79 Å². The van der Waals surface area contributed by atoms with Crippen LogP contribution in [0.5, 0.6) is 11.5 Å². The molecule has 0 fully saturated rings. The van der Waals surface area contributed by atoms with Gasteiger partial charge in [-0.1, -0.05) is 12.1 Å². The lowest BCUT2D eigenvalue weighted by Crippen LogP contribution is -2.18. The van der Waals surface area contributed by atoms with Crippen molar-refractivity contribution in [3.8, 4) is 11.5 Å². The number of anilines is 1. The van der Waals surface area contributed by atoms with Gasteiger partial charge in [0.05, 0.1) is 35.9 Å². The molecule has 0 heterocycles. The van der Waals surface area contributed by atoms with Crippen LogP contribution >= 0.6 is 0 Å². The van der Waals surface area contributed by atoms with Gasteiger partial charge in [0.2, 0.25) is 0 Å². The molecule has 0 aliphatic carbocycles. The number of carbonyl (C=O) groups excluding carboxylic acids is 1. The van der Waals surface area contributed by atoms with Crippen molar-refractivity contribution in [3.63, 3.8) is 0 Å². The van der Waals surface area contributed by atoms with Gasteiger partial charge in [-0.05, 0) is 12.1 Å². The summed E-state index contributed by atoms with van der Waals surface area (Å²) >= 11 is 0. The minimum absolute atomic E-state index is 0.0524. The van der Waals surface area contributed by atoms with E-state index in [1.54, 1.807) is 0 Å². The molecular formula is C17H17NO7S. The molecule has 0 aromatic heterocycles. The second kappa shape index (κ2) is 7.44. The van der Waals surface area contributed by atoms with Crippen molar-refractivity contribution in [3.05, 3.63) is 47.5 Å². The number of carbonyl (C=O) groups is 2. The third-order valence-corrected chi connectivity index (χ3v) is 4.69. The number of carboxylic acids is 1. The third-order valence-electron chi connectivity index (χ3n) is 3.53. The van der Waals surface area contributed by atoms with Gasteiger partial charge < -0.3 is 19.9 Å². The molecule has 2 rings (SSSR count). The van der Waals surface area contributed by atoms with Crippen LogP contribution in [-0.2, 0) is 9.84 Å². The normalized spacial score (nSPS) is 10.9. The highest BCUT2D eigenvalue weighted by atomic mass is 32.2. The van der Waals surface area contributed by atoms with Crippen molar-refractivity contribution in [2.24, 2.45) is 0 Å². The molecule has 0 aliphatic heterocycles. The molecule has 9 heteroatoms. The zero-order valence-electron chi connectivity index (χ0n) is 14.3. The monoisotopic (exact) mass is 379 g/mol. The average molecular weight is 379 g/mol. The fraction of sp³-hybridized carbons (Fsp3) is 0.176. The van der Waals surface area contributed by atoms with Crippen molar-refractivity contribution >= 4 is 27.4 Å². The Morgan fingerprint density at radius 2 is 1.58 bits per heavy atom. The topological polar surface area (TPSA) is 119 Å². The molecule has 26 heavy (non-hydrogen) atoms. The summed E-state index contributed by atoms with van der Waals surface area (Å²) in [6.45, 7) is 0. The standard InChI is InChI=1S/C17H17NO7S/c1-24-13-8-11(17(20)21)12(9-14(13)25-2)18-16(19)10-6-4-5-7-15(10)26(3,22)23/h4-9H,1-3H3,(H,18,19)(H,20,21). The summed E-state index contributed by atoms with van der Waals surface area (Å²) in [5.74, 6) is -1.66. The molecule has 0 unspecified atom stereocenters. The Morgan fingerprint density at radius 1 is 1.00 bits per heavy atom. The number of ether oxygens (including phenoxy) is 2. The number of carboxylic acid groups (broad SMARTS) is 1. The molecule has 0 saturated carbocycles. The number of nitrogens with one attached hydrogen (secondary N) is 1. The number of hydrogen-bond acceptors (Lipinski definition) is 6. The Labute approximate surface area is 150 Å². The molecule has 2 N–H and O–H groups in total. The Morgan fingerprint density at radius 3 is 2.12 bits per heavy atom. The van der Waals surface area contributed by atoms with E-state index in [1.807, 2.05) is 0 Å². The van der Waals surface area contributed by atoms with Gasteiger partial charge >= 0.3 is 5.97 Å². The number of methoxy groups -OCH3 is 2. The molecule has 0 atom stereocenters. The molecule has 138 valence electrons. The minimum atomic E-state index is -3.64. The molecule has 2 aromatic carbocycles. The maximum absolute atomic E-state index is 12.6. The molecule has 0 aliphatic rings. The van der Waals surface area contributed by atoms with E-state index in [0.29, 0.717) is 0 Å². The van der Waals surface area contributed by atoms with Gasteiger partial charge in [0, 0.05) is 18.4 Å². The van der Waals surface area contributed by atoms with Gasteiger partial charge in [0.1, 0.15) is 0 Å². The first kappa shape index (κ1) is 19.3. The second-order valence-electron chi connectivity index (χ2n) is 5.28. The van der Waals surface area contributed by atoms with Crippen LogP contribution in [0.25, 0.3) is 0 Å². The van der Waals surface area contributed by atoms with Gasteiger partial charge in [-0.15, -0.1) is 0 Å². The summed E-state index contributed by atoms with van der Waals surface area (Å²) in [7, 11) is -0.927. The highest BCUT2D eigenvalue weighted by Crippen LogP contribution is 2.33. The van der Waals surface area contributed by atoms with Crippen LogP contribution in [0.4, 0.5) is 5.69 Å². The molecule has 0 saturated heterocycles. The molecule has 1 amide bonds. The predicted octanol–water partition coefficient (Wildman–Crippen LogP) is 2.06. The summed E-state index contributed by atoms with van der Waals surface area (Å²) in [4.78, 5) is 23.9. The lowest BCUT2D eigenvalue weighted by molar-refractivity contribution is 0.0697. The summed E-state index contributed by atoms with van der Waals surface area (Å²) in [6, 6.07) is 8.15. The number of rotatable bonds is 6. The van der Waals surface area contributed by atoms with Gasteiger partial charge in [-0.25, -0.2) is 13.2 Å². The number of aromatic carboxylic acids is 1. The maximum Gasteiger partial charge on any atom is 0.337 e. The van der Waals surface area contributed by atoms with Crippen molar-refractivity contribution in [2.45, 2.75) is 4.90 Å². The van der Waals surface area contributed by atoms with E-state index in [9.17, 15) is 23.1 Å². The summed E-state index contributed by atoms with van der Waals surface area (Å²) in [5, 5.41) is 11.8. The van der Waals surface area contributed by atoms with Crippen LogP contribution in [0.2, 0.25) is 0 Å². The lowest BCUT2D eigenvalue weighted by atomic mass is 10.1. The van der Waals surface area contributed by atoms with Crippen LogP contribution in [0.15, 0.2) is 41.3 Å². The first-order valence-corrected chi connectivity index (χ1v) is 9.18. The van der Waals surface area contributed by atoms with Crippen molar-refractivity contribution in [1.29, 1.82) is 0 Å². The van der Waals surface area contributed by atoms with E-state index < -0.39 is 21.7 Å². The van der Waals surface area contributed by atoms with Crippen LogP contribution in [-0.4, -0.2) is 45.9 Å². The van der Waals surface area contributed by atoms with Crippen molar-refractivity contribution in [2.75, 3.05) is 25.8 Å². The zero-order chi connectivity index (χ0) is 19.5. The van der Waals surface area contributed by atoms with Gasteiger partial charge in [0.15, 0.2) is 21.3 Å². The van der Waals surface area contributed by atoms with Gasteiger partial charge in [0.25, 0.3) is 5.91 Å². The maximum atomic E-state index is 12.6. The Bertz CT molecular complexity index is 967. The molecule has 2 aromatic rings. The van der Waals surface area contributed by atoms with E-state index in [-0.39, 0.29) is 33.2 Å². The summed E-state index contributed by atoms with van der Waals surface area (Å²) in [6.07, 6.45) is 0.984. The second-order valence-corrected chi connectivity index (χ2v) is 7.26. The van der Waals surface area contributed by atoms with E-state index in [1.165, 1.54) is 50.6 Å². The molecule has 0 bridgehead atoms. The smallest absolute Gasteiger partial charge is 0.337 e. The fourth-order valence-electron chi connectivity index (χ4n) is 2.33. The largest absolute Gasteiger partial charge is 0.493 e. The quantitative estimate of drug-likeness (QED) is 0.788. The van der Waals surface area contributed by atoms with Crippen LogP contribution in [0, 0.1) is 0 Å². The highest BCUT2D eigenvalue weighted by molar-refractivity contribution is 7.90. The fourth-order valence-corrected chi connectivity index (χ4v) is 3.21. The summed E-state index contributed by atoms with van der Waals surface area (Å²) in [5.41, 5.74) is -0.377. The Balaban J connectivity index is 2.52. The lowest BCUT2D eigenvalue weighted by Gasteiger charge is -2.14. The van der Waals surface area contributed by atoms with Gasteiger partial charge in [-0.2, -0.15) is 0 Å². The molecule has 0 radical (unpaired) electrons. The number of amides is 1. The minimum Gasteiger partial charge on any atom is -0.493 e. The molecule has 0 spiro atoms. The van der Waals surface area contributed by atoms with E-state index in [0.717, 1.165) is 6.26 Å². The average Bonchev–Trinajstić information content (AvgIpc) is 2.60. The predicted molar refractivity (Wildman–Crippen MR) is 94.0 cm³/mol. The van der Waals surface area contributed by atoms with Crippen LogP contribution in [0.3, 0.4) is 0 Å². The Kier molecular flexibility index (Phi) is 5.51. The first-order chi connectivity index (χ1) is 12.2.